The molecule has 0 spiro atoms. The summed E-state index contributed by atoms with van der Waals surface area (Å²) in [6, 6.07) is 13.9. The summed E-state index contributed by atoms with van der Waals surface area (Å²) in [6.45, 7) is 0.729. The van der Waals surface area contributed by atoms with Gasteiger partial charge in [0, 0.05) is 25.2 Å². The number of fused-ring (bicyclic) bond motifs is 1. The SMILES string of the molecule is O=C(Cn1[nH]c(=O)c2ccccc2c1=O)NCc1ccc(N2CCCC2=O)cc1. The first-order valence-corrected chi connectivity index (χ1v) is 9.41. The first-order chi connectivity index (χ1) is 14.0. The molecular formula is C21H20N4O4. The molecule has 0 unspecified atom stereocenters. The Morgan fingerprint density at radius 3 is 2.41 bits per heavy atom. The molecule has 3 aromatic rings. The lowest BCUT2D eigenvalue weighted by Crippen LogP contribution is -2.36. The van der Waals surface area contributed by atoms with Gasteiger partial charge in [-0.2, -0.15) is 0 Å². The van der Waals surface area contributed by atoms with E-state index in [9.17, 15) is 19.2 Å². The molecule has 1 aliphatic heterocycles. The van der Waals surface area contributed by atoms with Crippen LogP contribution < -0.4 is 21.3 Å². The summed E-state index contributed by atoms with van der Waals surface area (Å²) in [5.41, 5.74) is 0.881. The van der Waals surface area contributed by atoms with Gasteiger partial charge in [-0.3, -0.25) is 24.3 Å². The molecule has 1 fully saturated rings. The fourth-order valence-corrected chi connectivity index (χ4v) is 3.47. The molecule has 29 heavy (non-hydrogen) atoms. The van der Waals surface area contributed by atoms with E-state index in [1.165, 1.54) is 0 Å². The molecule has 2 heterocycles. The van der Waals surface area contributed by atoms with Crippen molar-refractivity contribution >= 4 is 28.3 Å². The molecule has 2 amide bonds. The Labute approximate surface area is 165 Å². The van der Waals surface area contributed by atoms with Crippen molar-refractivity contribution in [2.45, 2.75) is 25.9 Å². The standard InChI is InChI=1S/C21H20N4O4/c26-18(13-25-21(29)17-5-2-1-4-16(17)20(28)23-25)22-12-14-7-9-15(10-8-14)24-11-3-6-19(24)27/h1-2,4-5,7-10H,3,6,11-13H2,(H,22,26)(H,23,28). The lowest BCUT2D eigenvalue weighted by molar-refractivity contribution is -0.122. The Hall–Kier alpha value is -3.68. The summed E-state index contributed by atoms with van der Waals surface area (Å²) in [6.07, 6.45) is 1.45. The largest absolute Gasteiger partial charge is 0.350 e. The normalized spacial score (nSPS) is 13.8. The third-order valence-electron chi connectivity index (χ3n) is 5.00. The maximum absolute atomic E-state index is 12.5. The van der Waals surface area contributed by atoms with E-state index in [0.717, 1.165) is 28.9 Å². The zero-order chi connectivity index (χ0) is 20.4. The van der Waals surface area contributed by atoms with Crippen LogP contribution in [0, 0.1) is 0 Å². The van der Waals surface area contributed by atoms with E-state index >= 15 is 0 Å². The molecule has 1 aliphatic rings. The van der Waals surface area contributed by atoms with E-state index in [0.29, 0.717) is 11.8 Å². The van der Waals surface area contributed by atoms with E-state index in [-0.39, 0.29) is 24.4 Å². The fourth-order valence-electron chi connectivity index (χ4n) is 3.47. The number of carbonyl (C=O) groups excluding carboxylic acids is 2. The number of benzene rings is 2. The number of aromatic amines is 1. The minimum absolute atomic E-state index is 0.126. The minimum Gasteiger partial charge on any atom is -0.350 e. The van der Waals surface area contributed by atoms with Crippen molar-refractivity contribution < 1.29 is 9.59 Å². The average molecular weight is 392 g/mol. The first-order valence-electron chi connectivity index (χ1n) is 9.41. The van der Waals surface area contributed by atoms with Gasteiger partial charge in [0.05, 0.1) is 10.8 Å². The molecule has 0 aliphatic carbocycles. The van der Waals surface area contributed by atoms with Crippen LogP contribution in [0.5, 0.6) is 0 Å². The van der Waals surface area contributed by atoms with Crippen molar-refractivity contribution in [1.82, 2.24) is 15.1 Å². The summed E-state index contributed by atoms with van der Waals surface area (Å²) in [4.78, 5) is 50.4. The van der Waals surface area contributed by atoms with Crippen molar-refractivity contribution in [3.05, 3.63) is 74.8 Å². The van der Waals surface area contributed by atoms with Crippen molar-refractivity contribution in [3.63, 3.8) is 0 Å². The molecule has 1 aromatic heterocycles. The minimum atomic E-state index is -0.421. The van der Waals surface area contributed by atoms with Crippen molar-refractivity contribution in [3.8, 4) is 0 Å². The smallest absolute Gasteiger partial charge is 0.273 e. The maximum Gasteiger partial charge on any atom is 0.273 e. The predicted molar refractivity (Wildman–Crippen MR) is 109 cm³/mol. The number of hydrogen-bond donors (Lipinski definition) is 2. The van der Waals surface area contributed by atoms with E-state index in [1.807, 2.05) is 24.3 Å². The second kappa shape index (κ2) is 7.75. The second-order valence-corrected chi connectivity index (χ2v) is 6.97. The van der Waals surface area contributed by atoms with E-state index in [1.54, 1.807) is 29.2 Å². The van der Waals surface area contributed by atoms with Crippen molar-refractivity contribution in [2.24, 2.45) is 0 Å². The average Bonchev–Trinajstić information content (AvgIpc) is 3.16. The van der Waals surface area contributed by atoms with Crippen molar-refractivity contribution in [2.75, 3.05) is 11.4 Å². The highest BCUT2D eigenvalue weighted by molar-refractivity contribution is 5.95. The van der Waals surface area contributed by atoms with Crippen LogP contribution in [0.3, 0.4) is 0 Å². The van der Waals surface area contributed by atoms with Gasteiger partial charge in [-0.15, -0.1) is 0 Å². The van der Waals surface area contributed by atoms with Gasteiger partial charge in [-0.05, 0) is 36.2 Å². The van der Waals surface area contributed by atoms with Gasteiger partial charge in [0.25, 0.3) is 11.1 Å². The summed E-state index contributed by atoms with van der Waals surface area (Å²) >= 11 is 0. The first kappa shape index (κ1) is 18.7. The van der Waals surface area contributed by atoms with Crippen LogP contribution in [-0.4, -0.2) is 28.1 Å². The molecule has 0 atom stereocenters. The number of rotatable bonds is 5. The zero-order valence-electron chi connectivity index (χ0n) is 15.7. The lowest BCUT2D eigenvalue weighted by Gasteiger charge is -2.16. The number of nitrogens with zero attached hydrogens (tertiary/aromatic N) is 2. The van der Waals surface area contributed by atoms with Gasteiger partial charge >= 0.3 is 0 Å². The van der Waals surface area contributed by atoms with Gasteiger partial charge in [-0.25, -0.2) is 4.68 Å². The summed E-state index contributed by atoms with van der Waals surface area (Å²) in [7, 11) is 0. The Kier molecular flexibility index (Phi) is 4.99. The molecule has 8 heteroatoms. The highest BCUT2D eigenvalue weighted by Crippen LogP contribution is 2.21. The number of carbonyl (C=O) groups is 2. The van der Waals surface area contributed by atoms with Crippen LogP contribution in [0.2, 0.25) is 0 Å². The van der Waals surface area contributed by atoms with Crippen LogP contribution >= 0.6 is 0 Å². The molecular weight excluding hydrogens is 372 g/mol. The predicted octanol–water partition coefficient (Wildman–Crippen LogP) is 1.13. The quantitative estimate of drug-likeness (QED) is 0.679. The lowest BCUT2D eigenvalue weighted by atomic mass is 10.2. The van der Waals surface area contributed by atoms with Gasteiger partial charge in [0.2, 0.25) is 11.8 Å². The number of aromatic nitrogens is 2. The van der Waals surface area contributed by atoms with Crippen LogP contribution in [0.4, 0.5) is 5.69 Å². The molecule has 0 bridgehead atoms. The number of H-pyrrole nitrogens is 1. The Morgan fingerprint density at radius 2 is 1.72 bits per heavy atom. The van der Waals surface area contributed by atoms with Crippen LogP contribution in [0.1, 0.15) is 18.4 Å². The molecule has 2 N–H and O–H groups in total. The zero-order valence-corrected chi connectivity index (χ0v) is 15.7. The highest BCUT2D eigenvalue weighted by atomic mass is 16.2. The molecule has 148 valence electrons. The van der Waals surface area contributed by atoms with Crippen LogP contribution in [0.15, 0.2) is 58.1 Å². The number of anilines is 1. The summed E-state index contributed by atoms with van der Waals surface area (Å²) < 4.78 is 1.02. The Balaban J connectivity index is 1.41. The number of amides is 2. The Morgan fingerprint density at radius 1 is 1.00 bits per heavy atom. The van der Waals surface area contributed by atoms with Crippen LogP contribution in [0.25, 0.3) is 10.8 Å². The number of nitrogens with one attached hydrogen (secondary N) is 2. The molecule has 0 saturated carbocycles. The van der Waals surface area contributed by atoms with Gasteiger partial charge in [-0.1, -0.05) is 24.3 Å². The van der Waals surface area contributed by atoms with Gasteiger partial charge in [0.1, 0.15) is 6.54 Å². The van der Waals surface area contributed by atoms with Crippen molar-refractivity contribution in [1.29, 1.82) is 0 Å². The molecule has 4 rings (SSSR count). The maximum atomic E-state index is 12.5. The fraction of sp³-hybridized carbons (Fsp3) is 0.238. The number of hydrogen-bond acceptors (Lipinski definition) is 4. The summed E-state index contributed by atoms with van der Waals surface area (Å²) in [5, 5.41) is 5.75. The molecule has 2 aromatic carbocycles. The molecule has 8 nitrogen and oxygen atoms in total. The van der Waals surface area contributed by atoms with Gasteiger partial charge < -0.3 is 10.2 Å². The van der Waals surface area contributed by atoms with Crippen LogP contribution in [-0.2, 0) is 22.7 Å². The summed E-state index contributed by atoms with van der Waals surface area (Å²) in [5.74, 6) is -0.266. The Bertz CT molecular complexity index is 1190. The van der Waals surface area contributed by atoms with E-state index < -0.39 is 17.0 Å². The van der Waals surface area contributed by atoms with E-state index in [4.69, 9.17) is 0 Å². The second-order valence-electron chi connectivity index (χ2n) is 6.97. The van der Waals surface area contributed by atoms with Gasteiger partial charge in [0.15, 0.2) is 0 Å². The molecule has 1 saturated heterocycles. The highest BCUT2D eigenvalue weighted by Gasteiger charge is 2.21. The third-order valence-corrected chi connectivity index (χ3v) is 5.00. The topological polar surface area (TPSA) is 104 Å². The van der Waals surface area contributed by atoms with E-state index in [2.05, 4.69) is 10.4 Å². The molecule has 0 radical (unpaired) electrons. The monoisotopic (exact) mass is 392 g/mol. The third kappa shape index (κ3) is 3.82.